The van der Waals surface area contributed by atoms with Gasteiger partial charge in [0.05, 0.1) is 4.47 Å². The van der Waals surface area contributed by atoms with E-state index in [1.165, 1.54) is 30.3 Å². The van der Waals surface area contributed by atoms with Crippen molar-refractivity contribution in [2.75, 3.05) is 11.9 Å². The van der Waals surface area contributed by atoms with Crippen LogP contribution in [0.15, 0.2) is 52.5 Å². The van der Waals surface area contributed by atoms with Crippen molar-refractivity contribution in [2.45, 2.75) is 0 Å². The van der Waals surface area contributed by atoms with Crippen LogP contribution in [0.4, 0.5) is 5.69 Å². The number of carbonyl (C=O) groups excluding carboxylic acids is 1. The predicted octanol–water partition coefficient (Wildman–Crippen LogP) is 3.60. The van der Waals surface area contributed by atoms with E-state index in [0.717, 1.165) is 0 Å². The number of hydrogen-bond acceptors (Lipinski definition) is 5. The summed E-state index contributed by atoms with van der Waals surface area (Å²) in [6, 6.07) is 14.6. The van der Waals surface area contributed by atoms with Crippen LogP contribution in [-0.2, 0) is 4.79 Å². The Morgan fingerprint density at radius 1 is 1.24 bits per heavy atom. The van der Waals surface area contributed by atoms with Gasteiger partial charge in [0.25, 0.3) is 5.91 Å². The third-order valence-corrected chi connectivity index (χ3v) is 3.67. The Morgan fingerprint density at radius 3 is 2.56 bits per heavy atom. The minimum Gasteiger partial charge on any atom is -0.508 e. The lowest BCUT2D eigenvalue weighted by atomic mass is 10.1. The molecule has 0 aliphatic carbocycles. The maximum atomic E-state index is 12.2. The van der Waals surface area contributed by atoms with Crippen molar-refractivity contribution in [2.24, 2.45) is 0 Å². The van der Waals surface area contributed by atoms with Gasteiger partial charge in [-0.25, -0.2) is 0 Å². The quantitative estimate of drug-likeness (QED) is 0.455. The summed E-state index contributed by atoms with van der Waals surface area (Å²) in [4.78, 5) is 12.2. The van der Waals surface area contributed by atoms with Crippen LogP contribution in [0.5, 0.6) is 11.5 Å². The molecule has 2 aromatic carbocycles. The van der Waals surface area contributed by atoms with E-state index in [9.17, 15) is 15.2 Å². The van der Waals surface area contributed by atoms with Gasteiger partial charge >= 0.3 is 0 Å². The average Bonchev–Trinajstić information content (AvgIpc) is 2.60. The summed E-state index contributed by atoms with van der Waals surface area (Å²) >= 11 is 3.32. The zero-order chi connectivity index (χ0) is 18.2. The normalized spacial score (nSPS) is 10.4. The number of aromatic hydroxyl groups is 1. The minimum absolute atomic E-state index is 0.0771. The molecule has 0 saturated heterocycles. The molecular weight excluding hydrogens is 386 g/mol. The Hall–Kier alpha value is -3.29. The number of nitrogens with one attached hydrogen (secondary N) is 1. The van der Waals surface area contributed by atoms with Gasteiger partial charge in [-0.2, -0.15) is 10.5 Å². The molecule has 124 valence electrons. The molecule has 25 heavy (non-hydrogen) atoms. The van der Waals surface area contributed by atoms with Gasteiger partial charge in [0.2, 0.25) is 0 Å². The molecule has 0 heterocycles. The van der Waals surface area contributed by atoms with Gasteiger partial charge in [0, 0.05) is 5.69 Å². The van der Waals surface area contributed by atoms with Crippen LogP contribution in [0.1, 0.15) is 5.56 Å². The summed E-state index contributed by atoms with van der Waals surface area (Å²) in [5.41, 5.74) is 1.00. The number of hydrogen-bond donors (Lipinski definition) is 2. The fourth-order valence-corrected chi connectivity index (χ4v) is 2.40. The van der Waals surface area contributed by atoms with Gasteiger partial charge in [-0.15, -0.1) is 0 Å². The topological polar surface area (TPSA) is 106 Å². The van der Waals surface area contributed by atoms with Crippen molar-refractivity contribution in [3.63, 3.8) is 0 Å². The Kier molecular flexibility index (Phi) is 6.16. The molecule has 0 aliphatic rings. The van der Waals surface area contributed by atoms with Crippen molar-refractivity contribution in [3.05, 3.63) is 58.1 Å². The monoisotopic (exact) mass is 397 g/mol. The van der Waals surface area contributed by atoms with Crippen LogP contribution in [0.25, 0.3) is 6.08 Å². The van der Waals surface area contributed by atoms with E-state index >= 15 is 0 Å². The second-order valence-electron chi connectivity index (χ2n) is 4.81. The number of benzene rings is 2. The van der Waals surface area contributed by atoms with Gasteiger partial charge in [0.1, 0.15) is 29.2 Å². The first kappa shape index (κ1) is 18.1. The third kappa shape index (κ3) is 5.10. The molecule has 2 N–H and O–H groups in total. The van der Waals surface area contributed by atoms with Crippen LogP contribution >= 0.6 is 15.9 Å². The highest BCUT2D eigenvalue weighted by Gasteiger charge is 2.10. The summed E-state index contributed by atoms with van der Waals surface area (Å²) in [5.74, 6) is 0.0116. The lowest BCUT2D eigenvalue weighted by Gasteiger charge is -2.06. The second kappa shape index (κ2) is 8.53. The van der Waals surface area contributed by atoms with Crippen LogP contribution in [-0.4, -0.2) is 17.6 Å². The Labute approximate surface area is 152 Å². The molecule has 0 aromatic heterocycles. The van der Waals surface area contributed by atoms with Gasteiger partial charge in [-0.05, 0) is 64.0 Å². The number of nitriles is 2. The molecule has 0 spiro atoms. The first-order valence-corrected chi connectivity index (χ1v) is 7.84. The zero-order valence-electron chi connectivity index (χ0n) is 12.9. The average molecular weight is 398 g/mol. The molecule has 0 radical (unpaired) electrons. The lowest BCUT2D eigenvalue weighted by Crippen LogP contribution is -2.13. The highest BCUT2D eigenvalue weighted by atomic mass is 79.9. The fourth-order valence-electron chi connectivity index (χ4n) is 1.89. The van der Waals surface area contributed by atoms with Crippen LogP contribution in [0, 0.1) is 22.7 Å². The molecular formula is C18H12BrN3O3. The third-order valence-electron chi connectivity index (χ3n) is 3.05. The van der Waals surface area contributed by atoms with Crippen LogP contribution < -0.4 is 10.1 Å². The minimum atomic E-state index is -0.561. The van der Waals surface area contributed by atoms with E-state index in [2.05, 4.69) is 21.2 Å². The summed E-state index contributed by atoms with van der Waals surface area (Å²) in [7, 11) is 0. The Balaban J connectivity index is 2.17. The molecule has 0 bridgehead atoms. The van der Waals surface area contributed by atoms with Crippen molar-refractivity contribution in [3.8, 4) is 23.6 Å². The zero-order valence-corrected chi connectivity index (χ0v) is 14.4. The van der Waals surface area contributed by atoms with E-state index in [4.69, 9.17) is 10.00 Å². The molecule has 2 rings (SSSR count). The van der Waals surface area contributed by atoms with Gasteiger partial charge in [0.15, 0.2) is 6.61 Å². The smallest absolute Gasteiger partial charge is 0.266 e. The standard InChI is InChI=1S/C18H12BrN3O3/c19-16-10-12(1-6-17(16)25-8-7-20)9-13(11-21)18(24)22-14-2-4-15(23)5-3-14/h1-6,9-10,23H,8H2,(H,22,24)/b13-9+. The fraction of sp³-hybridized carbons (Fsp3) is 0.0556. The molecule has 0 saturated carbocycles. The molecule has 7 heteroatoms. The first-order chi connectivity index (χ1) is 12.0. The summed E-state index contributed by atoms with van der Waals surface area (Å²) in [6.45, 7) is -0.0771. The molecule has 0 fully saturated rings. The van der Waals surface area contributed by atoms with E-state index in [1.54, 1.807) is 18.2 Å². The summed E-state index contributed by atoms with van der Waals surface area (Å²) in [5, 5.41) is 29.6. The second-order valence-corrected chi connectivity index (χ2v) is 5.66. The first-order valence-electron chi connectivity index (χ1n) is 7.05. The van der Waals surface area contributed by atoms with Crippen molar-refractivity contribution >= 4 is 33.6 Å². The number of halogens is 1. The maximum absolute atomic E-state index is 12.2. The highest BCUT2D eigenvalue weighted by molar-refractivity contribution is 9.10. The van der Waals surface area contributed by atoms with Crippen molar-refractivity contribution < 1.29 is 14.6 Å². The number of rotatable bonds is 5. The van der Waals surface area contributed by atoms with E-state index in [-0.39, 0.29) is 17.9 Å². The summed E-state index contributed by atoms with van der Waals surface area (Å²) in [6.07, 6.45) is 1.44. The van der Waals surface area contributed by atoms with Crippen LogP contribution in [0.2, 0.25) is 0 Å². The van der Waals surface area contributed by atoms with Gasteiger partial charge in [-0.3, -0.25) is 4.79 Å². The summed E-state index contributed by atoms with van der Waals surface area (Å²) < 4.78 is 5.82. The number of nitrogens with zero attached hydrogens (tertiary/aromatic N) is 2. The number of amides is 1. The largest absolute Gasteiger partial charge is 0.508 e. The van der Waals surface area contributed by atoms with E-state index < -0.39 is 5.91 Å². The number of anilines is 1. The SMILES string of the molecule is N#CCOc1ccc(/C=C(\C#N)C(=O)Nc2ccc(O)cc2)cc1Br. The van der Waals surface area contributed by atoms with Crippen molar-refractivity contribution in [1.82, 2.24) is 0 Å². The Morgan fingerprint density at radius 2 is 1.96 bits per heavy atom. The van der Waals surface area contributed by atoms with Crippen molar-refractivity contribution in [1.29, 1.82) is 10.5 Å². The molecule has 0 aliphatic heterocycles. The predicted molar refractivity (Wildman–Crippen MR) is 95.6 cm³/mol. The lowest BCUT2D eigenvalue weighted by molar-refractivity contribution is -0.112. The molecule has 0 atom stereocenters. The molecule has 6 nitrogen and oxygen atoms in total. The molecule has 2 aromatic rings. The molecule has 0 unspecified atom stereocenters. The van der Waals surface area contributed by atoms with Crippen LogP contribution in [0.3, 0.4) is 0 Å². The van der Waals surface area contributed by atoms with E-state index in [0.29, 0.717) is 21.5 Å². The number of carbonyl (C=O) groups is 1. The van der Waals surface area contributed by atoms with Gasteiger partial charge < -0.3 is 15.2 Å². The maximum Gasteiger partial charge on any atom is 0.266 e. The number of phenolic OH excluding ortho intramolecular Hbond substituents is 1. The number of ether oxygens (including phenoxy) is 1. The van der Waals surface area contributed by atoms with E-state index in [1.807, 2.05) is 12.1 Å². The van der Waals surface area contributed by atoms with Gasteiger partial charge in [-0.1, -0.05) is 6.07 Å². The number of phenols is 1. The highest BCUT2D eigenvalue weighted by Crippen LogP contribution is 2.27. The molecule has 1 amide bonds. The Bertz CT molecular complexity index is 893.